The first-order chi connectivity index (χ1) is 8.54. The molecule has 0 radical (unpaired) electrons. The first kappa shape index (κ1) is 13.5. The number of nitrogens with one attached hydrogen (secondary N) is 1. The Labute approximate surface area is 119 Å². The maximum Gasteiger partial charge on any atom is 0.123 e. The molecule has 1 nitrogen and oxygen atoms in total. The van der Waals surface area contributed by atoms with E-state index in [9.17, 15) is 4.39 Å². The van der Waals surface area contributed by atoms with Gasteiger partial charge in [-0.15, -0.1) is 0 Å². The Bertz CT molecular complexity index is 552. The third-order valence-electron chi connectivity index (χ3n) is 2.35. The molecular formula is C13H9Cl3FN. The molecule has 0 spiro atoms. The van der Waals surface area contributed by atoms with Gasteiger partial charge >= 0.3 is 0 Å². The minimum atomic E-state index is -0.319. The Morgan fingerprint density at radius 1 is 0.944 bits per heavy atom. The fraction of sp³-hybridized carbons (Fsp3) is 0.0769. The van der Waals surface area contributed by atoms with Crippen LogP contribution in [0.3, 0.4) is 0 Å². The van der Waals surface area contributed by atoms with Crippen molar-refractivity contribution in [2.75, 3.05) is 5.32 Å². The lowest BCUT2D eigenvalue weighted by Gasteiger charge is -2.09. The largest absolute Gasteiger partial charge is 0.381 e. The molecule has 0 aromatic heterocycles. The van der Waals surface area contributed by atoms with Crippen LogP contribution >= 0.6 is 34.8 Å². The highest BCUT2D eigenvalue weighted by atomic mass is 35.5. The smallest absolute Gasteiger partial charge is 0.123 e. The SMILES string of the molecule is Fc1ccc(Cl)c(CNc2cc(Cl)cc(Cl)c2)c1. The molecular weight excluding hydrogens is 296 g/mol. The summed E-state index contributed by atoms with van der Waals surface area (Å²) in [6.07, 6.45) is 0. The van der Waals surface area contributed by atoms with Gasteiger partial charge in [0.1, 0.15) is 5.82 Å². The van der Waals surface area contributed by atoms with Crippen LogP contribution in [0.5, 0.6) is 0 Å². The standard InChI is InChI=1S/C13H9Cl3FN/c14-9-4-10(15)6-12(5-9)18-7-8-3-11(17)1-2-13(8)16/h1-6,18H,7H2. The van der Waals surface area contributed by atoms with Crippen LogP contribution < -0.4 is 5.32 Å². The maximum atomic E-state index is 13.1. The molecule has 0 saturated carbocycles. The second kappa shape index (κ2) is 5.79. The molecule has 0 aliphatic carbocycles. The Balaban J connectivity index is 2.13. The molecule has 94 valence electrons. The number of hydrogen-bond donors (Lipinski definition) is 1. The van der Waals surface area contributed by atoms with Gasteiger partial charge in [0.2, 0.25) is 0 Å². The summed E-state index contributed by atoms with van der Waals surface area (Å²) in [4.78, 5) is 0. The molecule has 0 atom stereocenters. The topological polar surface area (TPSA) is 12.0 Å². The van der Waals surface area contributed by atoms with E-state index in [1.54, 1.807) is 18.2 Å². The van der Waals surface area contributed by atoms with E-state index in [-0.39, 0.29) is 5.82 Å². The van der Waals surface area contributed by atoms with Crippen molar-refractivity contribution in [2.45, 2.75) is 6.54 Å². The van der Waals surface area contributed by atoms with Crippen molar-refractivity contribution in [3.05, 3.63) is 62.8 Å². The first-order valence-electron chi connectivity index (χ1n) is 5.18. The molecule has 5 heteroatoms. The van der Waals surface area contributed by atoms with Gasteiger partial charge in [0.25, 0.3) is 0 Å². The molecule has 0 aliphatic heterocycles. The van der Waals surface area contributed by atoms with Gasteiger partial charge < -0.3 is 5.32 Å². The molecule has 0 fully saturated rings. The number of benzene rings is 2. The van der Waals surface area contributed by atoms with Crippen molar-refractivity contribution in [3.8, 4) is 0 Å². The van der Waals surface area contributed by atoms with Crippen molar-refractivity contribution in [1.82, 2.24) is 0 Å². The predicted octanol–water partition coefficient (Wildman–Crippen LogP) is 5.40. The summed E-state index contributed by atoms with van der Waals surface area (Å²) < 4.78 is 13.1. The van der Waals surface area contributed by atoms with Gasteiger partial charge in [-0.05, 0) is 42.0 Å². The van der Waals surface area contributed by atoms with Crippen LogP contribution in [0.4, 0.5) is 10.1 Å². The number of hydrogen-bond acceptors (Lipinski definition) is 1. The zero-order valence-corrected chi connectivity index (χ0v) is 11.5. The Hall–Kier alpha value is -0.960. The summed E-state index contributed by atoms with van der Waals surface area (Å²) in [5.74, 6) is -0.319. The number of anilines is 1. The summed E-state index contributed by atoms with van der Waals surface area (Å²) in [7, 11) is 0. The van der Waals surface area contributed by atoms with Gasteiger partial charge in [0, 0.05) is 27.3 Å². The van der Waals surface area contributed by atoms with Crippen molar-refractivity contribution >= 4 is 40.5 Å². The van der Waals surface area contributed by atoms with E-state index in [1.165, 1.54) is 18.2 Å². The Kier molecular flexibility index (Phi) is 4.33. The van der Waals surface area contributed by atoms with E-state index >= 15 is 0 Å². The zero-order chi connectivity index (χ0) is 13.1. The molecule has 2 aromatic rings. The summed E-state index contributed by atoms with van der Waals surface area (Å²) in [6, 6.07) is 9.35. The van der Waals surface area contributed by atoms with Crippen LogP contribution in [-0.4, -0.2) is 0 Å². The van der Waals surface area contributed by atoms with E-state index in [4.69, 9.17) is 34.8 Å². The van der Waals surface area contributed by atoms with Gasteiger partial charge in [-0.1, -0.05) is 34.8 Å². The molecule has 0 saturated heterocycles. The molecule has 0 amide bonds. The number of rotatable bonds is 3. The van der Waals surface area contributed by atoms with Crippen LogP contribution in [0.25, 0.3) is 0 Å². The Morgan fingerprint density at radius 2 is 1.61 bits per heavy atom. The normalized spacial score (nSPS) is 10.4. The van der Waals surface area contributed by atoms with E-state index in [1.807, 2.05) is 0 Å². The van der Waals surface area contributed by atoms with Gasteiger partial charge in [-0.3, -0.25) is 0 Å². The van der Waals surface area contributed by atoms with E-state index in [0.29, 0.717) is 27.2 Å². The fourth-order valence-electron chi connectivity index (χ4n) is 1.53. The van der Waals surface area contributed by atoms with E-state index in [0.717, 1.165) is 5.69 Å². The number of halogens is 4. The highest BCUT2D eigenvalue weighted by molar-refractivity contribution is 6.35. The minimum absolute atomic E-state index is 0.319. The Morgan fingerprint density at radius 3 is 2.28 bits per heavy atom. The minimum Gasteiger partial charge on any atom is -0.381 e. The van der Waals surface area contributed by atoms with E-state index in [2.05, 4.69) is 5.32 Å². The third-order valence-corrected chi connectivity index (χ3v) is 3.16. The van der Waals surface area contributed by atoms with Gasteiger partial charge in [-0.25, -0.2) is 4.39 Å². The summed E-state index contributed by atoms with van der Waals surface area (Å²) in [6.45, 7) is 0.396. The van der Waals surface area contributed by atoms with Crippen LogP contribution in [0.1, 0.15) is 5.56 Å². The lowest BCUT2D eigenvalue weighted by atomic mass is 10.2. The highest BCUT2D eigenvalue weighted by Gasteiger charge is 2.03. The van der Waals surface area contributed by atoms with Crippen molar-refractivity contribution < 1.29 is 4.39 Å². The summed E-state index contributed by atoms with van der Waals surface area (Å²) >= 11 is 17.7. The molecule has 2 rings (SSSR count). The highest BCUT2D eigenvalue weighted by Crippen LogP contribution is 2.24. The molecule has 0 aliphatic rings. The monoisotopic (exact) mass is 303 g/mol. The lowest BCUT2D eigenvalue weighted by molar-refractivity contribution is 0.626. The summed E-state index contributed by atoms with van der Waals surface area (Å²) in [5, 5.41) is 4.68. The average Bonchev–Trinajstić information content (AvgIpc) is 2.29. The fourth-order valence-corrected chi connectivity index (χ4v) is 2.24. The van der Waals surface area contributed by atoms with Crippen LogP contribution in [-0.2, 0) is 6.54 Å². The second-order valence-electron chi connectivity index (χ2n) is 3.75. The maximum absolute atomic E-state index is 13.1. The third kappa shape index (κ3) is 3.52. The summed E-state index contributed by atoms with van der Waals surface area (Å²) in [5.41, 5.74) is 1.43. The zero-order valence-electron chi connectivity index (χ0n) is 9.18. The first-order valence-corrected chi connectivity index (χ1v) is 6.32. The van der Waals surface area contributed by atoms with Crippen LogP contribution in [0.15, 0.2) is 36.4 Å². The lowest BCUT2D eigenvalue weighted by Crippen LogP contribution is -2.00. The molecule has 2 aromatic carbocycles. The molecule has 0 bridgehead atoms. The molecule has 0 unspecified atom stereocenters. The molecule has 18 heavy (non-hydrogen) atoms. The van der Waals surface area contributed by atoms with Crippen molar-refractivity contribution in [1.29, 1.82) is 0 Å². The quantitative estimate of drug-likeness (QED) is 0.800. The van der Waals surface area contributed by atoms with Crippen LogP contribution in [0, 0.1) is 5.82 Å². The van der Waals surface area contributed by atoms with Crippen molar-refractivity contribution in [2.24, 2.45) is 0 Å². The average molecular weight is 305 g/mol. The van der Waals surface area contributed by atoms with Gasteiger partial charge in [0.15, 0.2) is 0 Å². The van der Waals surface area contributed by atoms with Gasteiger partial charge in [-0.2, -0.15) is 0 Å². The molecule has 1 N–H and O–H groups in total. The van der Waals surface area contributed by atoms with E-state index < -0.39 is 0 Å². The van der Waals surface area contributed by atoms with Crippen LogP contribution in [0.2, 0.25) is 15.1 Å². The van der Waals surface area contributed by atoms with Crippen molar-refractivity contribution in [3.63, 3.8) is 0 Å². The second-order valence-corrected chi connectivity index (χ2v) is 5.03. The molecule has 0 heterocycles. The van der Waals surface area contributed by atoms with Gasteiger partial charge in [0.05, 0.1) is 0 Å². The predicted molar refractivity (Wildman–Crippen MR) is 75.2 cm³/mol.